The van der Waals surface area contributed by atoms with E-state index in [1.54, 1.807) is 0 Å². The van der Waals surface area contributed by atoms with E-state index < -0.39 is 5.54 Å². The largest absolute Gasteiger partial charge is 0.358 e. The van der Waals surface area contributed by atoms with Crippen molar-refractivity contribution in [2.45, 2.75) is 63.6 Å². The van der Waals surface area contributed by atoms with Crippen molar-refractivity contribution < 1.29 is 9.59 Å². The number of aromatic amines is 1. The minimum Gasteiger partial charge on any atom is -0.358 e. The molecule has 1 aromatic carbocycles. The molecule has 0 saturated heterocycles. The van der Waals surface area contributed by atoms with Crippen LogP contribution in [-0.2, 0) is 29.1 Å². The van der Waals surface area contributed by atoms with Gasteiger partial charge >= 0.3 is 0 Å². The molecule has 5 rings (SSSR count). The van der Waals surface area contributed by atoms with E-state index in [-0.39, 0.29) is 23.7 Å². The van der Waals surface area contributed by atoms with Crippen molar-refractivity contribution in [3.05, 3.63) is 35.0 Å². The number of nitrogens with one attached hydrogen (secondary N) is 2. The fourth-order valence-corrected chi connectivity index (χ4v) is 5.61. The van der Waals surface area contributed by atoms with Gasteiger partial charge in [-0.2, -0.15) is 5.26 Å². The van der Waals surface area contributed by atoms with E-state index in [0.29, 0.717) is 25.9 Å². The zero-order valence-electron chi connectivity index (χ0n) is 19.6. The molecule has 2 aliphatic carbocycles. The normalized spacial score (nSPS) is 23.8. The second-order valence-electron chi connectivity index (χ2n) is 10.4. The molecule has 0 spiro atoms. The third-order valence-electron chi connectivity index (χ3n) is 7.60. The van der Waals surface area contributed by atoms with Gasteiger partial charge in [0, 0.05) is 60.1 Å². The molecule has 2 heterocycles. The van der Waals surface area contributed by atoms with Gasteiger partial charge in [0.25, 0.3) is 0 Å². The first-order valence-electron chi connectivity index (χ1n) is 12.2. The molecule has 174 valence electrons. The van der Waals surface area contributed by atoms with Crippen LogP contribution in [0.3, 0.4) is 0 Å². The highest BCUT2D eigenvalue weighted by Gasteiger charge is 2.47. The molecule has 2 N–H and O–H groups in total. The fourth-order valence-electron chi connectivity index (χ4n) is 5.61. The van der Waals surface area contributed by atoms with E-state index in [1.807, 2.05) is 4.90 Å². The molecule has 1 aromatic heterocycles. The second-order valence-corrected chi connectivity index (χ2v) is 10.4. The molecule has 2 atom stereocenters. The number of rotatable bonds is 5. The van der Waals surface area contributed by atoms with Gasteiger partial charge < -0.3 is 20.1 Å². The number of fused-ring (bicyclic) bond motifs is 3. The Bertz CT molecular complexity index is 1120. The summed E-state index contributed by atoms with van der Waals surface area (Å²) in [6.07, 6.45) is 5.65. The van der Waals surface area contributed by atoms with Crippen LogP contribution in [0.2, 0.25) is 0 Å². The monoisotopic (exact) mass is 447 g/mol. The van der Waals surface area contributed by atoms with Crippen molar-refractivity contribution in [2.75, 3.05) is 20.6 Å². The zero-order valence-corrected chi connectivity index (χ0v) is 19.6. The lowest BCUT2D eigenvalue weighted by molar-refractivity contribution is -0.144. The number of nitriles is 1. The topological polar surface area (TPSA) is 92.2 Å². The Morgan fingerprint density at radius 2 is 2.00 bits per heavy atom. The summed E-state index contributed by atoms with van der Waals surface area (Å²) < 4.78 is 0. The minimum absolute atomic E-state index is 0.0982. The number of amides is 2. The van der Waals surface area contributed by atoms with Crippen molar-refractivity contribution in [3.63, 3.8) is 0 Å². The van der Waals surface area contributed by atoms with Crippen LogP contribution in [0.5, 0.6) is 0 Å². The van der Waals surface area contributed by atoms with E-state index >= 15 is 0 Å². The first-order chi connectivity index (χ1) is 15.9. The summed E-state index contributed by atoms with van der Waals surface area (Å²) in [5.74, 6) is -0.622. The molecule has 0 radical (unpaired) electrons. The lowest BCUT2D eigenvalue weighted by atomic mass is 9.77. The molecule has 1 unspecified atom stereocenters. The highest BCUT2D eigenvalue weighted by Crippen LogP contribution is 2.38. The predicted octanol–water partition coefficient (Wildman–Crippen LogP) is 3.09. The minimum atomic E-state index is -0.684. The summed E-state index contributed by atoms with van der Waals surface area (Å²) in [5.41, 5.74) is 4.13. The highest BCUT2D eigenvalue weighted by atomic mass is 16.2. The summed E-state index contributed by atoms with van der Waals surface area (Å²) in [6.45, 7) is 2.14. The molecule has 3 aliphatic rings. The van der Waals surface area contributed by atoms with Gasteiger partial charge in [0.05, 0.1) is 6.07 Å². The fraction of sp³-hybridized carbons (Fsp3) is 0.577. The number of hydrogen-bond acceptors (Lipinski definition) is 4. The van der Waals surface area contributed by atoms with Gasteiger partial charge in [0.15, 0.2) is 0 Å². The van der Waals surface area contributed by atoms with Crippen LogP contribution in [0.1, 0.15) is 55.3 Å². The van der Waals surface area contributed by atoms with E-state index in [2.05, 4.69) is 53.6 Å². The van der Waals surface area contributed by atoms with Crippen LogP contribution < -0.4 is 5.32 Å². The molecule has 0 bridgehead atoms. The molecule has 2 amide bonds. The van der Waals surface area contributed by atoms with E-state index in [4.69, 9.17) is 0 Å². The third kappa shape index (κ3) is 4.24. The Labute approximate surface area is 195 Å². The summed E-state index contributed by atoms with van der Waals surface area (Å²) in [4.78, 5) is 34.4. The number of hydrogen-bond donors (Lipinski definition) is 2. The van der Waals surface area contributed by atoms with E-state index in [9.17, 15) is 14.9 Å². The van der Waals surface area contributed by atoms with Gasteiger partial charge in [0.2, 0.25) is 11.8 Å². The van der Waals surface area contributed by atoms with Crippen molar-refractivity contribution >= 4 is 22.7 Å². The van der Waals surface area contributed by atoms with E-state index in [0.717, 1.165) is 44.2 Å². The maximum Gasteiger partial charge on any atom is 0.226 e. The first kappa shape index (κ1) is 22.0. The standard InChI is InChI=1S/C26H33N5O2/c1-30(2)14-17-7-8-22-20(13-17)21-15-31(12-9-23(21)28-22)25(33)19-6-4-3-5-18(19)24(32)29-26(16-27)10-11-26/h7-8,13,18-19,28H,3-6,9-12,14-15H2,1-2H3,(H,29,32)/t18-,19?/m1/s1. The number of aromatic nitrogens is 1. The van der Waals surface area contributed by atoms with Crippen LogP contribution in [0.15, 0.2) is 18.2 Å². The molecule has 2 fully saturated rings. The summed E-state index contributed by atoms with van der Waals surface area (Å²) in [5, 5.41) is 13.5. The molecule has 2 aromatic rings. The number of carbonyl (C=O) groups excluding carboxylic acids is 2. The molecule has 1 aliphatic heterocycles. The molecular formula is C26H33N5O2. The van der Waals surface area contributed by atoms with Crippen molar-refractivity contribution in [1.29, 1.82) is 5.26 Å². The molecule has 7 nitrogen and oxygen atoms in total. The SMILES string of the molecule is CN(C)Cc1ccc2[nH]c3c(c2c1)CN(C(=O)C1CCCC[C@H]1C(=O)NC1(C#N)CC1)CC3. The maximum atomic E-state index is 13.7. The lowest BCUT2D eigenvalue weighted by Gasteiger charge is -2.36. The predicted molar refractivity (Wildman–Crippen MR) is 126 cm³/mol. The van der Waals surface area contributed by atoms with Crippen LogP contribution in [0.4, 0.5) is 0 Å². The molecule has 33 heavy (non-hydrogen) atoms. The van der Waals surface area contributed by atoms with Gasteiger partial charge in [-0.25, -0.2) is 0 Å². The Morgan fingerprint density at radius 1 is 1.24 bits per heavy atom. The van der Waals surface area contributed by atoms with Crippen molar-refractivity contribution in [3.8, 4) is 6.07 Å². The molecule has 7 heteroatoms. The summed E-state index contributed by atoms with van der Waals surface area (Å²) in [6, 6.07) is 8.78. The van der Waals surface area contributed by atoms with Gasteiger partial charge in [0.1, 0.15) is 5.54 Å². The molecule has 2 saturated carbocycles. The lowest BCUT2D eigenvalue weighted by Crippen LogP contribution is -2.48. The maximum absolute atomic E-state index is 13.7. The van der Waals surface area contributed by atoms with Crippen LogP contribution in [0, 0.1) is 23.2 Å². The average Bonchev–Trinajstić information content (AvgIpc) is 3.50. The van der Waals surface area contributed by atoms with Crippen LogP contribution in [0.25, 0.3) is 10.9 Å². The Balaban J connectivity index is 1.35. The van der Waals surface area contributed by atoms with Gasteiger partial charge in [-0.3, -0.25) is 9.59 Å². The number of nitrogens with zero attached hydrogens (tertiary/aromatic N) is 3. The Hall–Kier alpha value is -2.85. The van der Waals surface area contributed by atoms with E-state index in [1.165, 1.54) is 22.2 Å². The first-order valence-corrected chi connectivity index (χ1v) is 12.2. The number of H-pyrrole nitrogens is 1. The Morgan fingerprint density at radius 3 is 2.70 bits per heavy atom. The summed E-state index contributed by atoms with van der Waals surface area (Å²) >= 11 is 0. The Kier molecular flexibility index (Phi) is 5.65. The molecular weight excluding hydrogens is 414 g/mol. The zero-order chi connectivity index (χ0) is 23.2. The van der Waals surface area contributed by atoms with Crippen LogP contribution >= 0.6 is 0 Å². The van der Waals surface area contributed by atoms with Gasteiger partial charge in [-0.05, 0) is 57.5 Å². The third-order valence-corrected chi connectivity index (χ3v) is 7.60. The smallest absolute Gasteiger partial charge is 0.226 e. The van der Waals surface area contributed by atoms with Gasteiger partial charge in [-0.15, -0.1) is 0 Å². The van der Waals surface area contributed by atoms with Crippen molar-refractivity contribution in [1.82, 2.24) is 20.1 Å². The quantitative estimate of drug-likeness (QED) is 0.737. The van der Waals surface area contributed by atoms with Crippen LogP contribution in [-0.4, -0.2) is 52.8 Å². The van der Waals surface area contributed by atoms with Gasteiger partial charge in [-0.1, -0.05) is 18.9 Å². The summed E-state index contributed by atoms with van der Waals surface area (Å²) in [7, 11) is 4.13. The highest BCUT2D eigenvalue weighted by molar-refractivity contribution is 5.90. The number of carbonyl (C=O) groups is 2. The second kappa shape index (κ2) is 8.49. The van der Waals surface area contributed by atoms with Crippen molar-refractivity contribution in [2.24, 2.45) is 11.8 Å². The average molecular weight is 448 g/mol. The number of benzene rings is 1.